The SMILES string of the molecule is Cn1ccnc1-c1sc(NC(=O)COCCOc2ccccc2)nc1-c1ccccc1. The van der Waals surface area contributed by atoms with Crippen LogP contribution in [0.1, 0.15) is 0 Å². The Bertz CT molecular complexity index is 1130. The van der Waals surface area contributed by atoms with Crippen molar-refractivity contribution in [3.05, 3.63) is 73.1 Å². The number of hydrogen-bond donors (Lipinski definition) is 1. The predicted molar refractivity (Wildman–Crippen MR) is 121 cm³/mol. The van der Waals surface area contributed by atoms with Crippen molar-refractivity contribution in [1.82, 2.24) is 14.5 Å². The molecule has 0 atom stereocenters. The average Bonchev–Trinajstić information content (AvgIpc) is 3.40. The van der Waals surface area contributed by atoms with Crippen molar-refractivity contribution in [3.8, 4) is 27.7 Å². The molecule has 158 valence electrons. The van der Waals surface area contributed by atoms with Crippen LogP contribution in [0, 0.1) is 0 Å². The number of aryl methyl sites for hydroxylation is 1. The summed E-state index contributed by atoms with van der Waals surface area (Å²) in [4.78, 5) is 22.3. The van der Waals surface area contributed by atoms with Crippen molar-refractivity contribution in [1.29, 1.82) is 0 Å². The van der Waals surface area contributed by atoms with Crippen LogP contribution in [0.2, 0.25) is 0 Å². The zero-order chi connectivity index (χ0) is 21.5. The number of ether oxygens (including phenoxy) is 2. The van der Waals surface area contributed by atoms with Crippen LogP contribution >= 0.6 is 11.3 Å². The van der Waals surface area contributed by atoms with Crippen molar-refractivity contribution in [2.24, 2.45) is 7.05 Å². The van der Waals surface area contributed by atoms with E-state index in [0.29, 0.717) is 18.3 Å². The fourth-order valence-corrected chi connectivity index (χ4v) is 4.00. The van der Waals surface area contributed by atoms with Crippen molar-refractivity contribution in [3.63, 3.8) is 0 Å². The van der Waals surface area contributed by atoms with Gasteiger partial charge in [-0.1, -0.05) is 59.9 Å². The number of para-hydroxylation sites is 1. The van der Waals surface area contributed by atoms with E-state index < -0.39 is 0 Å². The normalized spacial score (nSPS) is 10.7. The molecule has 8 heteroatoms. The number of nitrogens with zero attached hydrogens (tertiary/aromatic N) is 3. The number of benzene rings is 2. The van der Waals surface area contributed by atoms with E-state index in [2.05, 4.69) is 15.3 Å². The highest BCUT2D eigenvalue weighted by atomic mass is 32.1. The van der Waals surface area contributed by atoms with Gasteiger partial charge in [-0.05, 0) is 12.1 Å². The molecule has 4 rings (SSSR count). The third kappa shape index (κ3) is 5.36. The largest absolute Gasteiger partial charge is 0.491 e. The van der Waals surface area contributed by atoms with Crippen LogP contribution in [0.3, 0.4) is 0 Å². The maximum Gasteiger partial charge on any atom is 0.252 e. The molecule has 0 unspecified atom stereocenters. The Labute approximate surface area is 184 Å². The second-order valence-electron chi connectivity index (χ2n) is 6.69. The van der Waals surface area contributed by atoms with Gasteiger partial charge in [-0.3, -0.25) is 10.1 Å². The van der Waals surface area contributed by atoms with Crippen LogP contribution < -0.4 is 10.1 Å². The molecule has 0 saturated heterocycles. The Morgan fingerprint density at radius 1 is 1.06 bits per heavy atom. The summed E-state index contributed by atoms with van der Waals surface area (Å²) in [6.07, 6.45) is 3.63. The lowest BCUT2D eigenvalue weighted by atomic mass is 10.1. The van der Waals surface area contributed by atoms with E-state index >= 15 is 0 Å². The summed E-state index contributed by atoms with van der Waals surface area (Å²) < 4.78 is 12.9. The molecule has 1 amide bonds. The minimum atomic E-state index is -0.264. The highest BCUT2D eigenvalue weighted by molar-refractivity contribution is 7.19. The lowest BCUT2D eigenvalue weighted by Gasteiger charge is -2.06. The van der Waals surface area contributed by atoms with E-state index in [1.54, 1.807) is 6.20 Å². The molecule has 0 aliphatic heterocycles. The van der Waals surface area contributed by atoms with Gasteiger partial charge in [-0.2, -0.15) is 0 Å². The van der Waals surface area contributed by atoms with Crippen molar-refractivity contribution in [2.75, 3.05) is 25.1 Å². The summed E-state index contributed by atoms with van der Waals surface area (Å²) in [5.74, 6) is 1.30. The number of amides is 1. The molecule has 1 N–H and O–H groups in total. The van der Waals surface area contributed by atoms with Gasteiger partial charge in [-0.25, -0.2) is 9.97 Å². The summed E-state index contributed by atoms with van der Waals surface area (Å²) in [6.45, 7) is 0.611. The van der Waals surface area contributed by atoms with Crippen LogP contribution in [-0.4, -0.2) is 40.3 Å². The molecular weight excluding hydrogens is 412 g/mol. The molecule has 0 fully saturated rings. The third-order valence-corrected chi connectivity index (χ3v) is 5.38. The topological polar surface area (TPSA) is 78.3 Å². The van der Waals surface area contributed by atoms with Crippen LogP contribution in [0.15, 0.2) is 73.1 Å². The number of nitrogens with one attached hydrogen (secondary N) is 1. The summed E-state index contributed by atoms with van der Waals surface area (Å²) in [5.41, 5.74) is 1.75. The number of carbonyl (C=O) groups excluding carboxylic acids is 1. The highest BCUT2D eigenvalue weighted by Crippen LogP contribution is 2.38. The number of imidazole rings is 1. The minimum Gasteiger partial charge on any atom is -0.491 e. The van der Waals surface area contributed by atoms with E-state index in [1.165, 1.54) is 11.3 Å². The van der Waals surface area contributed by atoms with Gasteiger partial charge in [-0.15, -0.1) is 0 Å². The molecule has 2 heterocycles. The molecule has 4 aromatic rings. The number of rotatable bonds is 9. The fourth-order valence-electron chi connectivity index (χ4n) is 2.96. The number of hydrogen-bond acceptors (Lipinski definition) is 6. The van der Waals surface area contributed by atoms with Crippen LogP contribution in [0.25, 0.3) is 22.0 Å². The Morgan fingerprint density at radius 3 is 2.52 bits per heavy atom. The summed E-state index contributed by atoms with van der Waals surface area (Å²) in [5, 5.41) is 3.33. The van der Waals surface area contributed by atoms with E-state index in [0.717, 1.165) is 27.7 Å². The monoisotopic (exact) mass is 434 g/mol. The summed E-state index contributed by atoms with van der Waals surface area (Å²) >= 11 is 1.39. The molecule has 0 aliphatic carbocycles. The van der Waals surface area contributed by atoms with Crippen LogP contribution in [0.5, 0.6) is 5.75 Å². The number of anilines is 1. The molecule has 2 aromatic carbocycles. The summed E-state index contributed by atoms with van der Waals surface area (Å²) in [7, 11) is 1.93. The van der Waals surface area contributed by atoms with E-state index in [9.17, 15) is 4.79 Å². The first-order chi connectivity index (χ1) is 15.2. The zero-order valence-corrected chi connectivity index (χ0v) is 17.8. The number of aromatic nitrogens is 3. The number of carbonyl (C=O) groups is 1. The number of thiazole rings is 1. The predicted octanol–water partition coefficient (Wildman–Crippen LogP) is 4.24. The van der Waals surface area contributed by atoms with E-state index in [-0.39, 0.29) is 12.5 Å². The van der Waals surface area contributed by atoms with E-state index in [1.807, 2.05) is 78.5 Å². The summed E-state index contributed by atoms with van der Waals surface area (Å²) in [6, 6.07) is 19.3. The van der Waals surface area contributed by atoms with Gasteiger partial charge in [0.05, 0.1) is 17.2 Å². The molecule has 31 heavy (non-hydrogen) atoms. The molecular formula is C23H22N4O3S. The maximum absolute atomic E-state index is 12.3. The molecule has 0 bridgehead atoms. The second kappa shape index (κ2) is 10.0. The Morgan fingerprint density at radius 2 is 1.81 bits per heavy atom. The first kappa shape index (κ1) is 20.8. The molecule has 0 radical (unpaired) electrons. The molecule has 2 aromatic heterocycles. The lowest BCUT2D eigenvalue weighted by Crippen LogP contribution is -2.20. The van der Waals surface area contributed by atoms with Crippen LogP contribution in [0.4, 0.5) is 5.13 Å². The lowest BCUT2D eigenvalue weighted by molar-refractivity contribution is -0.120. The standard InChI is InChI=1S/C23H22N4O3S/c1-27-13-12-24-22(27)21-20(17-8-4-2-5-9-17)26-23(31-21)25-19(28)16-29-14-15-30-18-10-6-3-7-11-18/h2-13H,14-16H2,1H3,(H,25,26,28). The van der Waals surface area contributed by atoms with Gasteiger partial charge in [0.25, 0.3) is 5.91 Å². The fraction of sp³-hybridized carbons (Fsp3) is 0.174. The third-order valence-electron chi connectivity index (χ3n) is 4.42. The zero-order valence-electron chi connectivity index (χ0n) is 17.0. The molecule has 0 spiro atoms. The van der Waals surface area contributed by atoms with Gasteiger partial charge < -0.3 is 14.0 Å². The Balaban J connectivity index is 1.37. The first-order valence-electron chi connectivity index (χ1n) is 9.80. The molecule has 0 aliphatic rings. The molecule has 7 nitrogen and oxygen atoms in total. The van der Waals surface area contributed by atoms with Gasteiger partial charge in [0, 0.05) is 25.0 Å². The van der Waals surface area contributed by atoms with Crippen LogP contribution in [-0.2, 0) is 16.6 Å². The second-order valence-corrected chi connectivity index (χ2v) is 7.69. The van der Waals surface area contributed by atoms with Crippen molar-refractivity contribution < 1.29 is 14.3 Å². The highest BCUT2D eigenvalue weighted by Gasteiger charge is 2.19. The van der Waals surface area contributed by atoms with Gasteiger partial charge in [0.2, 0.25) is 0 Å². The van der Waals surface area contributed by atoms with Crippen molar-refractivity contribution in [2.45, 2.75) is 0 Å². The Kier molecular flexibility index (Phi) is 6.71. The quantitative estimate of drug-likeness (QED) is 0.399. The smallest absolute Gasteiger partial charge is 0.252 e. The average molecular weight is 435 g/mol. The van der Waals surface area contributed by atoms with Gasteiger partial charge in [0.1, 0.15) is 19.0 Å². The minimum absolute atomic E-state index is 0.0733. The Hall–Kier alpha value is -3.49. The van der Waals surface area contributed by atoms with Gasteiger partial charge >= 0.3 is 0 Å². The van der Waals surface area contributed by atoms with Crippen molar-refractivity contribution >= 4 is 22.4 Å². The van der Waals surface area contributed by atoms with E-state index in [4.69, 9.17) is 9.47 Å². The van der Waals surface area contributed by atoms with Gasteiger partial charge in [0.15, 0.2) is 11.0 Å². The first-order valence-corrected chi connectivity index (χ1v) is 10.6. The molecule has 0 saturated carbocycles. The maximum atomic E-state index is 12.3.